The third-order valence-electron chi connectivity index (χ3n) is 6.83. The minimum absolute atomic E-state index is 0.0148. The average Bonchev–Trinajstić information content (AvgIpc) is 3.67. The molecule has 2 fully saturated rings. The first kappa shape index (κ1) is 20.6. The predicted octanol–water partition coefficient (Wildman–Crippen LogP) is 4.04. The van der Waals surface area contributed by atoms with Crippen LogP contribution < -0.4 is 10.6 Å². The SMILES string of the molecule is CC(C(=O)NC1(Cc2ccccc2)CC1)C(C)C(=O)NC1(Cc2ccccc2)CC1. The van der Waals surface area contributed by atoms with Gasteiger partial charge in [0.05, 0.1) is 0 Å². The quantitative estimate of drug-likeness (QED) is 0.663. The molecule has 2 amide bonds. The zero-order valence-electron chi connectivity index (χ0n) is 18.0. The Morgan fingerprint density at radius 1 is 0.700 bits per heavy atom. The molecule has 2 aliphatic rings. The van der Waals surface area contributed by atoms with Crippen LogP contribution in [0.25, 0.3) is 0 Å². The second-order valence-electron chi connectivity index (χ2n) is 9.44. The summed E-state index contributed by atoms with van der Waals surface area (Å²) in [5.74, 6) is -0.741. The van der Waals surface area contributed by atoms with E-state index in [2.05, 4.69) is 34.9 Å². The van der Waals surface area contributed by atoms with E-state index in [4.69, 9.17) is 0 Å². The largest absolute Gasteiger partial charge is 0.350 e. The summed E-state index contributed by atoms with van der Waals surface area (Å²) >= 11 is 0. The van der Waals surface area contributed by atoms with Crippen molar-refractivity contribution in [3.63, 3.8) is 0 Å². The molecule has 0 aromatic heterocycles. The maximum absolute atomic E-state index is 12.9. The maximum atomic E-state index is 12.9. The highest BCUT2D eigenvalue weighted by atomic mass is 16.2. The molecule has 4 heteroatoms. The molecule has 158 valence electrons. The highest BCUT2D eigenvalue weighted by molar-refractivity contribution is 5.88. The third-order valence-corrected chi connectivity index (χ3v) is 6.83. The van der Waals surface area contributed by atoms with Gasteiger partial charge in [0.15, 0.2) is 0 Å². The van der Waals surface area contributed by atoms with Crippen LogP contribution in [0.3, 0.4) is 0 Å². The molecule has 2 aromatic rings. The van der Waals surface area contributed by atoms with Gasteiger partial charge in [-0.15, -0.1) is 0 Å². The monoisotopic (exact) mass is 404 g/mol. The smallest absolute Gasteiger partial charge is 0.224 e. The predicted molar refractivity (Wildman–Crippen MR) is 119 cm³/mol. The molecule has 2 saturated carbocycles. The molecule has 2 aromatic carbocycles. The molecule has 0 bridgehead atoms. The van der Waals surface area contributed by atoms with Crippen LogP contribution in [-0.2, 0) is 22.4 Å². The highest BCUT2D eigenvalue weighted by Gasteiger charge is 2.47. The highest BCUT2D eigenvalue weighted by Crippen LogP contribution is 2.40. The summed E-state index contributed by atoms with van der Waals surface area (Å²) in [6, 6.07) is 20.6. The molecule has 0 heterocycles. The van der Waals surface area contributed by atoms with Crippen LogP contribution in [0.15, 0.2) is 60.7 Å². The second-order valence-corrected chi connectivity index (χ2v) is 9.44. The Morgan fingerprint density at radius 2 is 1.03 bits per heavy atom. The van der Waals surface area contributed by atoms with Crippen LogP contribution >= 0.6 is 0 Å². The van der Waals surface area contributed by atoms with Gasteiger partial charge in [0, 0.05) is 22.9 Å². The summed E-state index contributed by atoms with van der Waals surface area (Å²) in [6.45, 7) is 3.74. The molecule has 4 nitrogen and oxygen atoms in total. The first-order valence-corrected chi connectivity index (χ1v) is 11.1. The maximum Gasteiger partial charge on any atom is 0.224 e. The Balaban J connectivity index is 1.31. The number of nitrogens with one attached hydrogen (secondary N) is 2. The van der Waals surface area contributed by atoms with Crippen molar-refractivity contribution in [1.29, 1.82) is 0 Å². The molecule has 0 aliphatic heterocycles. The standard InChI is InChI=1S/C26H32N2O2/c1-19(23(29)27-25(13-14-25)17-21-9-5-3-6-10-21)20(2)24(30)28-26(15-16-26)18-22-11-7-4-8-12-22/h3-12,19-20H,13-18H2,1-2H3,(H,27,29)(H,28,30). The van der Waals surface area contributed by atoms with Gasteiger partial charge in [-0.3, -0.25) is 9.59 Å². The Labute approximate surface area is 179 Å². The van der Waals surface area contributed by atoms with E-state index >= 15 is 0 Å². The lowest BCUT2D eigenvalue weighted by Crippen LogP contribution is -2.48. The molecular weight excluding hydrogens is 372 g/mol. The number of hydrogen-bond acceptors (Lipinski definition) is 2. The summed E-state index contributed by atoms with van der Waals surface area (Å²) in [7, 11) is 0. The molecule has 2 aliphatic carbocycles. The summed E-state index contributed by atoms with van der Waals surface area (Å²) in [4.78, 5) is 25.8. The van der Waals surface area contributed by atoms with E-state index in [0.717, 1.165) is 38.5 Å². The van der Waals surface area contributed by atoms with E-state index in [9.17, 15) is 9.59 Å². The van der Waals surface area contributed by atoms with Crippen LogP contribution in [0, 0.1) is 11.8 Å². The van der Waals surface area contributed by atoms with Crippen molar-refractivity contribution in [2.75, 3.05) is 0 Å². The fourth-order valence-electron chi connectivity index (χ4n) is 4.17. The van der Waals surface area contributed by atoms with Gasteiger partial charge in [0.25, 0.3) is 0 Å². The van der Waals surface area contributed by atoms with E-state index in [1.165, 1.54) is 11.1 Å². The topological polar surface area (TPSA) is 58.2 Å². The van der Waals surface area contributed by atoms with Gasteiger partial charge in [-0.1, -0.05) is 74.5 Å². The molecule has 0 spiro atoms. The molecule has 2 atom stereocenters. The molecule has 0 saturated heterocycles. The zero-order chi connectivity index (χ0) is 21.2. The molecule has 30 heavy (non-hydrogen) atoms. The Hall–Kier alpha value is -2.62. The lowest BCUT2D eigenvalue weighted by atomic mass is 9.92. The first-order valence-electron chi connectivity index (χ1n) is 11.1. The number of carbonyl (C=O) groups is 2. The van der Waals surface area contributed by atoms with Crippen LogP contribution in [0.1, 0.15) is 50.7 Å². The number of hydrogen-bond donors (Lipinski definition) is 2. The normalized spacial score (nSPS) is 19.9. The molecular formula is C26H32N2O2. The van der Waals surface area contributed by atoms with E-state index in [0.29, 0.717) is 0 Å². The summed E-state index contributed by atoms with van der Waals surface area (Å²) < 4.78 is 0. The Bertz CT molecular complexity index is 810. The van der Waals surface area contributed by atoms with Crippen molar-refractivity contribution in [3.8, 4) is 0 Å². The zero-order valence-corrected chi connectivity index (χ0v) is 18.0. The van der Waals surface area contributed by atoms with Gasteiger partial charge < -0.3 is 10.6 Å². The minimum atomic E-state index is -0.356. The minimum Gasteiger partial charge on any atom is -0.350 e. The summed E-state index contributed by atoms with van der Waals surface area (Å²) in [5, 5.41) is 6.50. The fraction of sp³-hybridized carbons (Fsp3) is 0.462. The number of rotatable bonds is 9. The van der Waals surface area contributed by atoms with Gasteiger partial charge in [-0.25, -0.2) is 0 Å². The Kier molecular flexibility index (Phi) is 5.68. The summed E-state index contributed by atoms with van der Waals surface area (Å²) in [5.41, 5.74) is 2.22. The van der Waals surface area contributed by atoms with Crippen molar-refractivity contribution in [3.05, 3.63) is 71.8 Å². The van der Waals surface area contributed by atoms with Gasteiger partial charge in [-0.2, -0.15) is 0 Å². The Morgan fingerprint density at radius 3 is 1.33 bits per heavy atom. The second kappa shape index (κ2) is 8.25. The van der Waals surface area contributed by atoms with Crippen molar-refractivity contribution >= 4 is 11.8 Å². The van der Waals surface area contributed by atoms with Crippen molar-refractivity contribution < 1.29 is 9.59 Å². The van der Waals surface area contributed by atoms with Crippen LogP contribution in [-0.4, -0.2) is 22.9 Å². The van der Waals surface area contributed by atoms with Crippen LogP contribution in [0.4, 0.5) is 0 Å². The molecule has 4 rings (SSSR count). The van der Waals surface area contributed by atoms with Gasteiger partial charge in [0.2, 0.25) is 11.8 Å². The van der Waals surface area contributed by atoms with Gasteiger partial charge in [-0.05, 0) is 49.7 Å². The van der Waals surface area contributed by atoms with Crippen LogP contribution in [0.2, 0.25) is 0 Å². The van der Waals surface area contributed by atoms with Gasteiger partial charge >= 0.3 is 0 Å². The number of benzene rings is 2. The van der Waals surface area contributed by atoms with E-state index in [-0.39, 0.29) is 34.7 Å². The van der Waals surface area contributed by atoms with Crippen LogP contribution in [0.5, 0.6) is 0 Å². The number of carbonyl (C=O) groups excluding carboxylic acids is 2. The van der Waals surface area contributed by atoms with Crippen molar-refractivity contribution in [2.45, 2.75) is 63.5 Å². The molecule has 2 unspecified atom stereocenters. The number of amides is 2. The van der Waals surface area contributed by atoms with Crippen molar-refractivity contribution in [1.82, 2.24) is 10.6 Å². The van der Waals surface area contributed by atoms with E-state index in [1.54, 1.807) is 0 Å². The average molecular weight is 405 g/mol. The van der Waals surface area contributed by atoms with Gasteiger partial charge in [0.1, 0.15) is 0 Å². The third kappa shape index (κ3) is 4.92. The summed E-state index contributed by atoms with van der Waals surface area (Å²) in [6.07, 6.45) is 5.71. The van der Waals surface area contributed by atoms with E-state index in [1.807, 2.05) is 50.2 Å². The van der Waals surface area contributed by atoms with Crippen molar-refractivity contribution in [2.24, 2.45) is 11.8 Å². The first-order chi connectivity index (χ1) is 14.4. The molecule has 2 N–H and O–H groups in total. The lowest BCUT2D eigenvalue weighted by Gasteiger charge is -2.26. The van der Waals surface area contributed by atoms with E-state index < -0.39 is 0 Å². The molecule has 0 radical (unpaired) electrons. The lowest BCUT2D eigenvalue weighted by molar-refractivity contribution is -0.134. The fourth-order valence-corrected chi connectivity index (χ4v) is 4.17.